The van der Waals surface area contributed by atoms with Crippen LogP contribution in [0.3, 0.4) is 0 Å². The molecular weight excluding hydrogens is 304 g/mol. The number of nitrogens with zero attached hydrogens (tertiary/aromatic N) is 2. The molecule has 1 aromatic carbocycles. The third kappa shape index (κ3) is 3.19. The zero-order chi connectivity index (χ0) is 13.8. The first-order valence-electron chi connectivity index (χ1n) is 5.29. The van der Waals surface area contributed by atoms with Gasteiger partial charge in [-0.05, 0) is 12.1 Å². The summed E-state index contributed by atoms with van der Waals surface area (Å²) in [6, 6.07) is 8.30. The standard InChI is InChI=1S/C11H13BrN2O4/c1-2-11(12,14(17)18)8-13(10(15)16)9-6-4-3-5-7-9/h3-7H,2,8H2,1H3,(H,15,16). The Balaban J connectivity index is 3.02. The van der Waals surface area contributed by atoms with E-state index in [4.69, 9.17) is 5.11 Å². The Hall–Kier alpha value is -1.63. The molecule has 0 saturated carbocycles. The zero-order valence-electron chi connectivity index (χ0n) is 9.75. The molecule has 0 radical (unpaired) electrons. The van der Waals surface area contributed by atoms with Gasteiger partial charge in [-0.1, -0.05) is 25.1 Å². The highest BCUT2D eigenvalue weighted by atomic mass is 79.9. The summed E-state index contributed by atoms with van der Waals surface area (Å²) in [7, 11) is 0. The van der Waals surface area contributed by atoms with Gasteiger partial charge in [-0.25, -0.2) is 4.79 Å². The lowest BCUT2D eigenvalue weighted by Gasteiger charge is -2.25. The van der Waals surface area contributed by atoms with E-state index in [9.17, 15) is 14.9 Å². The minimum atomic E-state index is -1.47. The normalized spacial score (nSPS) is 13.7. The molecule has 1 atom stereocenters. The van der Waals surface area contributed by atoms with Crippen molar-refractivity contribution in [3.63, 3.8) is 0 Å². The summed E-state index contributed by atoms with van der Waals surface area (Å²) in [5.41, 5.74) is 0.407. The Labute approximate surface area is 112 Å². The Morgan fingerprint density at radius 2 is 2.06 bits per heavy atom. The summed E-state index contributed by atoms with van der Waals surface area (Å²) in [5.74, 6) is 0. The molecule has 6 nitrogen and oxygen atoms in total. The van der Waals surface area contributed by atoms with Crippen molar-refractivity contribution in [3.05, 3.63) is 40.4 Å². The fourth-order valence-electron chi connectivity index (χ4n) is 1.42. The van der Waals surface area contributed by atoms with Crippen molar-refractivity contribution in [3.8, 4) is 0 Å². The van der Waals surface area contributed by atoms with Gasteiger partial charge in [0.15, 0.2) is 0 Å². The average Bonchev–Trinajstić information content (AvgIpc) is 2.36. The monoisotopic (exact) mass is 316 g/mol. The van der Waals surface area contributed by atoms with Crippen LogP contribution >= 0.6 is 15.9 Å². The first kappa shape index (κ1) is 14.4. The molecule has 1 unspecified atom stereocenters. The van der Waals surface area contributed by atoms with Crippen LogP contribution in [0.2, 0.25) is 0 Å². The number of halogens is 1. The van der Waals surface area contributed by atoms with Crippen molar-refractivity contribution in [2.24, 2.45) is 0 Å². The van der Waals surface area contributed by atoms with Gasteiger partial charge in [0.25, 0.3) is 4.45 Å². The number of rotatable bonds is 5. The smallest absolute Gasteiger partial charge is 0.412 e. The largest absolute Gasteiger partial charge is 0.465 e. The number of hydrogen-bond acceptors (Lipinski definition) is 3. The van der Waals surface area contributed by atoms with Crippen molar-refractivity contribution < 1.29 is 14.8 Å². The average molecular weight is 317 g/mol. The van der Waals surface area contributed by atoms with Crippen LogP contribution in [0.25, 0.3) is 0 Å². The lowest BCUT2D eigenvalue weighted by molar-refractivity contribution is -0.532. The van der Waals surface area contributed by atoms with Gasteiger partial charge in [-0.2, -0.15) is 0 Å². The number of carbonyl (C=O) groups is 1. The summed E-state index contributed by atoms with van der Waals surface area (Å²) in [6.07, 6.45) is -1.04. The number of amides is 1. The fourth-order valence-corrected chi connectivity index (χ4v) is 1.67. The lowest BCUT2D eigenvalue weighted by atomic mass is 10.2. The highest BCUT2D eigenvalue weighted by Crippen LogP contribution is 2.27. The number of para-hydroxylation sites is 1. The van der Waals surface area contributed by atoms with Crippen molar-refractivity contribution >= 4 is 27.7 Å². The second-order valence-corrected chi connectivity index (χ2v) is 5.21. The molecule has 0 spiro atoms. The molecule has 0 heterocycles. The SMILES string of the molecule is CCC(Br)(CN(C(=O)O)c1ccccc1)[N+](=O)[O-]. The van der Waals surface area contributed by atoms with E-state index in [1.165, 1.54) is 0 Å². The predicted molar refractivity (Wildman–Crippen MR) is 70.8 cm³/mol. The van der Waals surface area contributed by atoms with Crippen molar-refractivity contribution in [1.82, 2.24) is 0 Å². The summed E-state index contributed by atoms with van der Waals surface area (Å²) in [4.78, 5) is 22.6. The Morgan fingerprint density at radius 1 is 1.50 bits per heavy atom. The molecule has 0 aliphatic heterocycles. The van der Waals surface area contributed by atoms with E-state index in [2.05, 4.69) is 15.9 Å². The lowest BCUT2D eigenvalue weighted by Crippen LogP contribution is -2.46. The number of hydrogen-bond donors (Lipinski definition) is 1. The van der Waals surface area contributed by atoms with E-state index in [-0.39, 0.29) is 13.0 Å². The molecule has 1 N–H and O–H groups in total. The minimum absolute atomic E-state index is 0.177. The van der Waals surface area contributed by atoms with Gasteiger partial charge in [-0.15, -0.1) is 0 Å². The summed E-state index contributed by atoms with van der Waals surface area (Å²) in [5, 5.41) is 20.1. The molecule has 18 heavy (non-hydrogen) atoms. The highest BCUT2D eigenvalue weighted by Gasteiger charge is 2.41. The van der Waals surface area contributed by atoms with Crippen LogP contribution in [-0.4, -0.2) is 27.1 Å². The third-order valence-corrected chi connectivity index (χ3v) is 3.67. The van der Waals surface area contributed by atoms with Crippen molar-refractivity contribution in [1.29, 1.82) is 0 Å². The molecular formula is C11H13BrN2O4. The molecule has 1 rings (SSSR count). The summed E-state index contributed by atoms with van der Waals surface area (Å²) >= 11 is 3.01. The van der Waals surface area contributed by atoms with E-state index in [0.717, 1.165) is 4.90 Å². The topological polar surface area (TPSA) is 83.7 Å². The third-order valence-electron chi connectivity index (χ3n) is 2.57. The van der Waals surface area contributed by atoms with Crippen molar-refractivity contribution in [2.75, 3.05) is 11.4 Å². The first-order chi connectivity index (χ1) is 8.40. The van der Waals surface area contributed by atoms with Crippen LogP contribution in [0.15, 0.2) is 30.3 Å². The van der Waals surface area contributed by atoms with Gasteiger partial charge in [0.05, 0.1) is 0 Å². The molecule has 1 amide bonds. The second kappa shape index (κ2) is 5.81. The molecule has 0 aliphatic carbocycles. The van der Waals surface area contributed by atoms with Gasteiger partial charge in [0.1, 0.15) is 6.54 Å². The Morgan fingerprint density at radius 3 is 2.44 bits per heavy atom. The van der Waals surface area contributed by atoms with Crippen LogP contribution in [0.5, 0.6) is 0 Å². The number of benzene rings is 1. The second-order valence-electron chi connectivity index (χ2n) is 3.73. The fraction of sp³-hybridized carbons (Fsp3) is 0.364. The number of anilines is 1. The zero-order valence-corrected chi connectivity index (χ0v) is 11.3. The molecule has 0 aromatic heterocycles. The van der Waals surface area contributed by atoms with E-state index >= 15 is 0 Å². The Kier molecular flexibility index (Phi) is 4.66. The molecule has 0 aliphatic rings. The minimum Gasteiger partial charge on any atom is -0.465 e. The van der Waals surface area contributed by atoms with E-state index in [0.29, 0.717) is 5.69 Å². The first-order valence-corrected chi connectivity index (χ1v) is 6.09. The van der Waals surface area contributed by atoms with Gasteiger partial charge in [0, 0.05) is 33.0 Å². The van der Waals surface area contributed by atoms with Gasteiger partial charge in [0.2, 0.25) is 0 Å². The van der Waals surface area contributed by atoms with E-state index < -0.39 is 15.5 Å². The molecule has 0 saturated heterocycles. The number of nitro groups is 1. The predicted octanol–water partition coefficient (Wildman–Crippen LogP) is 2.95. The van der Waals surface area contributed by atoms with E-state index in [1.54, 1.807) is 37.3 Å². The molecule has 7 heteroatoms. The summed E-state index contributed by atoms with van der Waals surface area (Å²) < 4.78 is -1.47. The molecule has 98 valence electrons. The molecule has 1 aromatic rings. The van der Waals surface area contributed by atoms with E-state index in [1.807, 2.05) is 0 Å². The highest BCUT2D eigenvalue weighted by molar-refractivity contribution is 9.10. The van der Waals surface area contributed by atoms with Gasteiger partial charge < -0.3 is 5.11 Å². The van der Waals surface area contributed by atoms with Gasteiger partial charge >= 0.3 is 6.09 Å². The molecule has 0 fully saturated rings. The maximum absolute atomic E-state index is 11.2. The van der Waals surface area contributed by atoms with Crippen LogP contribution in [0.1, 0.15) is 13.3 Å². The van der Waals surface area contributed by atoms with Gasteiger partial charge in [-0.3, -0.25) is 15.0 Å². The number of carboxylic acid groups (broad SMARTS) is 1. The van der Waals surface area contributed by atoms with Crippen LogP contribution in [0, 0.1) is 10.1 Å². The quantitative estimate of drug-likeness (QED) is 0.392. The maximum atomic E-state index is 11.2. The van der Waals surface area contributed by atoms with Crippen LogP contribution < -0.4 is 4.90 Å². The van der Waals surface area contributed by atoms with Crippen LogP contribution in [0.4, 0.5) is 10.5 Å². The molecule has 0 bridgehead atoms. The van der Waals surface area contributed by atoms with Crippen LogP contribution in [-0.2, 0) is 0 Å². The summed E-state index contributed by atoms with van der Waals surface area (Å²) in [6.45, 7) is 1.37. The maximum Gasteiger partial charge on any atom is 0.412 e. The number of alkyl halides is 1. The van der Waals surface area contributed by atoms with Crippen molar-refractivity contribution in [2.45, 2.75) is 17.8 Å². The Bertz CT molecular complexity index is 440.